The lowest BCUT2D eigenvalue weighted by atomic mass is 9.48. The van der Waals surface area contributed by atoms with E-state index in [1.165, 1.54) is 0 Å². The van der Waals surface area contributed by atoms with Crippen LogP contribution < -0.4 is 5.11 Å². The molecule has 0 amide bonds. The number of carbonyl (C=O) groups is 1. The standard InChI is InChI=1S/C11H16O3/c12-9(13)10-2-7-1-8(3-10)5-11(14,4-7)6-10/h7-8,14H,1-6H2,(H,12,13)/p-1/t7-,8-,10?,11?/m1/s1. The van der Waals surface area contributed by atoms with Crippen molar-refractivity contribution in [2.75, 3.05) is 0 Å². The molecule has 0 unspecified atom stereocenters. The topological polar surface area (TPSA) is 60.4 Å². The second-order valence-electron chi connectivity index (χ2n) is 5.75. The summed E-state index contributed by atoms with van der Waals surface area (Å²) >= 11 is 0. The van der Waals surface area contributed by atoms with Crippen molar-refractivity contribution in [1.82, 2.24) is 0 Å². The lowest BCUT2D eigenvalue weighted by Crippen LogP contribution is -2.60. The number of carboxylic acids is 1. The van der Waals surface area contributed by atoms with Crippen LogP contribution in [0.5, 0.6) is 0 Å². The van der Waals surface area contributed by atoms with Gasteiger partial charge >= 0.3 is 0 Å². The average molecular weight is 195 g/mol. The van der Waals surface area contributed by atoms with Crippen LogP contribution in [0.15, 0.2) is 0 Å². The summed E-state index contributed by atoms with van der Waals surface area (Å²) in [6.45, 7) is 0. The zero-order chi connectivity index (χ0) is 9.97. The molecule has 0 saturated heterocycles. The van der Waals surface area contributed by atoms with Gasteiger partial charge in [0.2, 0.25) is 0 Å². The molecule has 4 rings (SSSR count). The Balaban J connectivity index is 2.00. The predicted molar refractivity (Wildman–Crippen MR) is 47.1 cm³/mol. The van der Waals surface area contributed by atoms with Crippen LogP contribution in [-0.4, -0.2) is 16.7 Å². The zero-order valence-corrected chi connectivity index (χ0v) is 8.16. The molecule has 14 heavy (non-hydrogen) atoms. The maximum Gasteiger partial charge on any atom is 0.0662 e. The summed E-state index contributed by atoms with van der Waals surface area (Å²) in [6.07, 6.45) is 4.69. The summed E-state index contributed by atoms with van der Waals surface area (Å²) in [7, 11) is 0. The molecular formula is C11H15O3-. The Labute approximate surface area is 83.1 Å². The predicted octanol–water partition coefficient (Wildman–Crippen LogP) is 0.0676. The van der Waals surface area contributed by atoms with E-state index in [0.29, 0.717) is 18.3 Å². The molecule has 2 atom stereocenters. The van der Waals surface area contributed by atoms with Gasteiger partial charge in [-0.3, -0.25) is 0 Å². The fraction of sp³-hybridized carbons (Fsp3) is 0.909. The molecule has 3 heteroatoms. The Bertz CT molecular complexity index is 283. The van der Waals surface area contributed by atoms with Crippen molar-refractivity contribution in [3.05, 3.63) is 0 Å². The van der Waals surface area contributed by atoms with E-state index in [0.717, 1.165) is 32.1 Å². The van der Waals surface area contributed by atoms with Crippen molar-refractivity contribution in [1.29, 1.82) is 0 Å². The summed E-state index contributed by atoms with van der Waals surface area (Å²) in [5, 5.41) is 21.4. The lowest BCUT2D eigenvalue weighted by Gasteiger charge is -2.60. The van der Waals surface area contributed by atoms with Gasteiger partial charge in [-0.1, -0.05) is 0 Å². The minimum Gasteiger partial charge on any atom is -0.550 e. The van der Waals surface area contributed by atoms with Crippen LogP contribution in [0, 0.1) is 17.3 Å². The number of aliphatic carboxylic acids is 1. The van der Waals surface area contributed by atoms with Gasteiger partial charge in [0.05, 0.1) is 5.60 Å². The van der Waals surface area contributed by atoms with Gasteiger partial charge in [-0.25, -0.2) is 0 Å². The number of hydrogen-bond acceptors (Lipinski definition) is 3. The molecule has 4 aliphatic rings. The highest BCUT2D eigenvalue weighted by Gasteiger charge is 2.57. The van der Waals surface area contributed by atoms with Crippen molar-refractivity contribution in [2.45, 2.75) is 44.1 Å². The molecule has 0 aliphatic heterocycles. The fourth-order valence-electron chi connectivity index (χ4n) is 4.45. The van der Waals surface area contributed by atoms with Gasteiger partial charge in [-0.05, 0) is 50.4 Å². The third-order valence-corrected chi connectivity index (χ3v) is 4.46. The van der Waals surface area contributed by atoms with Crippen LogP contribution >= 0.6 is 0 Å². The van der Waals surface area contributed by atoms with Crippen molar-refractivity contribution >= 4 is 5.97 Å². The second-order valence-corrected chi connectivity index (χ2v) is 5.75. The highest BCUT2D eigenvalue weighted by molar-refractivity contribution is 5.73. The average Bonchev–Trinajstić information content (AvgIpc) is 1.98. The van der Waals surface area contributed by atoms with E-state index >= 15 is 0 Å². The first-order valence-corrected chi connectivity index (χ1v) is 5.45. The summed E-state index contributed by atoms with van der Waals surface area (Å²) in [4.78, 5) is 11.2. The van der Waals surface area contributed by atoms with Gasteiger partial charge in [0, 0.05) is 11.4 Å². The van der Waals surface area contributed by atoms with Crippen LogP contribution in [0.4, 0.5) is 0 Å². The quantitative estimate of drug-likeness (QED) is 0.644. The highest BCUT2D eigenvalue weighted by atomic mass is 16.4. The van der Waals surface area contributed by atoms with E-state index in [4.69, 9.17) is 0 Å². The van der Waals surface area contributed by atoms with E-state index in [-0.39, 0.29) is 0 Å². The summed E-state index contributed by atoms with van der Waals surface area (Å²) in [5.41, 5.74) is -1.36. The molecule has 0 aromatic heterocycles. The number of carbonyl (C=O) groups excluding carboxylic acids is 1. The highest BCUT2D eigenvalue weighted by Crippen LogP contribution is 2.61. The van der Waals surface area contributed by atoms with E-state index in [9.17, 15) is 15.0 Å². The summed E-state index contributed by atoms with van der Waals surface area (Å²) in [6, 6.07) is 0. The number of hydrogen-bond donors (Lipinski definition) is 1. The van der Waals surface area contributed by atoms with Crippen molar-refractivity contribution < 1.29 is 15.0 Å². The Morgan fingerprint density at radius 1 is 1.21 bits per heavy atom. The van der Waals surface area contributed by atoms with Gasteiger partial charge < -0.3 is 15.0 Å². The molecule has 4 aliphatic carbocycles. The first-order chi connectivity index (χ1) is 6.51. The van der Waals surface area contributed by atoms with Gasteiger partial charge in [0.25, 0.3) is 0 Å². The molecule has 1 N–H and O–H groups in total. The number of carboxylic acid groups (broad SMARTS) is 1. The van der Waals surface area contributed by atoms with Crippen LogP contribution in [0.3, 0.4) is 0 Å². The molecular weight excluding hydrogens is 180 g/mol. The van der Waals surface area contributed by atoms with Gasteiger partial charge in [-0.2, -0.15) is 0 Å². The molecule has 3 nitrogen and oxygen atoms in total. The van der Waals surface area contributed by atoms with E-state index in [1.807, 2.05) is 0 Å². The van der Waals surface area contributed by atoms with Crippen LogP contribution in [0.1, 0.15) is 38.5 Å². The smallest absolute Gasteiger partial charge is 0.0662 e. The molecule has 4 fully saturated rings. The maximum atomic E-state index is 11.2. The SMILES string of the molecule is O=C([O-])C12C[C@H]3C[C@@H](CC(O)(C3)C1)C2. The minimum absolute atomic E-state index is 0.430. The van der Waals surface area contributed by atoms with Gasteiger partial charge in [0.15, 0.2) is 0 Å². The first kappa shape index (κ1) is 8.72. The normalized spacial score (nSPS) is 54.9. The third-order valence-electron chi connectivity index (χ3n) is 4.46. The molecule has 4 saturated carbocycles. The fourth-order valence-corrected chi connectivity index (χ4v) is 4.45. The molecule has 0 spiro atoms. The lowest BCUT2D eigenvalue weighted by molar-refractivity contribution is -0.331. The van der Waals surface area contributed by atoms with Crippen molar-refractivity contribution in [3.8, 4) is 0 Å². The molecule has 0 aromatic rings. The molecule has 0 aromatic carbocycles. The van der Waals surface area contributed by atoms with Gasteiger partial charge in [0.1, 0.15) is 0 Å². The molecule has 0 heterocycles. The molecule has 0 radical (unpaired) electrons. The monoisotopic (exact) mass is 195 g/mol. The van der Waals surface area contributed by atoms with Crippen molar-refractivity contribution in [3.63, 3.8) is 0 Å². The molecule has 78 valence electrons. The Morgan fingerprint density at radius 3 is 2.21 bits per heavy atom. The number of aliphatic hydroxyl groups is 1. The summed E-state index contributed by atoms with van der Waals surface area (Å²) < 4.78 is 0. The van der Waals surface area contributed by atoms with Crippen LogP contribution in [0.25, 0.3) is 0 Å². The maximum absolute atomic E-state index is 11.2. The minimum atomic E-state index is -0.926. The Hall–Kier alpha value is -0.570. The zero-order valence-electron chi connectivity index (χ0n) is 8.16. The molecule has 4 bridgehead atoms. The summed E-state index contributed by atoms with van der Waals surface area (Å²) in [5.74, 6) is -0.0664. The number of rotatable bonds is 1. The van der Waals surface area contributed by atoms with Crippen LogP contribution in [-0.2, 0) is 4.79 Å². The second kappa shape index (κ2) is 2.32. The van der Waals surface area contributed by atoms with Gasteiger partial charge in [-0.15, -0.1) is 0 Å². The Morgan fingerprint density at radius 2 is 1.79 bits per heavy atom. The van der Waals surface area contributed by atoms with Crippen LogP contribution in [0.2, 0.25) is 0 Å². The largest absolute Gasteiger partial charge is 0.550 e. The van der Waals surface area contributed by atoms with E-state index < -0.39 is 17.0 Å². The third kappa shape index (κ3) is 0.991. The first-order valence-electron chi connectivity index (χ1n) is 5.45. The van der Waals surface area contributed by atoms with E-state index in [1.54, 1.807) is 0 Å². The van der Waals surface area contributed by atoms with E-state index in [2.05, 4.69) is 0 Å². The van der Waals surface area contributed by atoms with Crippen molar-refractivity contribution in [2.24, 2.45) is 17.3 Å². The Kier molecular flexibility index (Phi) is 1.45.